The second kappa shape index (κ2) is 3.95. The van der Waals surface area contributed by atoms with Crippen LogP contribution >= 0.6 is 0 Å². The van der Waals surface area contributed by atoms with Gasteiger partial charge in [0.1, 0.15) is 12.4 Å². The van der Waals surface area contributed by atoms with Gasteiger partial charge in [0.15, 0.2) is 0 Å². The van der Waals surface area contributed by atoms with Crippen LogP contribution in [0.3, 0.4) is 0 Å². The Morgan fingerprint density at radius 3 is 2.55 bits per heavy atom. The molecular weight excluding hydrogens is 148 g/mol. The van der Waals surface area contributed by atoms with E-state index in [0.29, 0.717) is 19.3 Å². The third kappa shape index (κ3) is 3.02. The molecule has 1 heterocycles. The summed E-state index contributed by atoms with van der Waals surface area (Å²) >= 11 is 0. The number of carbonyl (C=O) groups excluding carboxylic acids is 2. The Kier molecular flexibility index (Phi) is 2.89. The quantitative estimate of drug-likeness (QED) is 0.491. The van der Waals surface area contributed by atoms with Crippen LogP contribution in [0.15, 0.2) is 0 Å². The van der Waals surface area contributed by atoms with E-state index in [4.69, 9.17) is 0 Å². The Labute approximate surface area is 64.5 Å². The molecular formula is C7H10O4. The molecule has 0 atom stereocenters. The summed E-state index contributed by atoms with van der Waals surface area (Å²) in [7, 11) is 0. The number of hydrogen-bond donors (Lipinski definition) is 0. The monoisotopic (exact) mass is 158 g/mol. The second-order valence-electron chi connectivity index (χ2n) is 2.34. The second-order valence-corrected chi connectivity index (χ2v) is 2.34. The molecule has 0 spiro atoms. The van der Waals surface area contributed by atoms with Gasteiger partial charge in [0, 0.05) is 12.8 Å². The van der Waals surface area contributed by atoms with Gasteiger partial charge in [-0.05, 0) is 6.42 Å². The molecule has 1 fully saturated rings. The molecule has 4 nitrogen and oxygen atoms in total. The maximum atomic E-state index is 10.8. The van der Waals surface area contributed by atoms with Gasteiger partial charge < -0.3 is 9.47 Å². The van der Waals surface area contributed by atoms with Crippen molar-refractivity contribution in [2.24, 2.45) is 0 Å². The lowest BCUT2D eigenvalue weighted by Gasteiger charge is -2.00. The standard InChI is InChI=1S/C7H10O4/c8-6-2-1-4-10-7(9)11-5-3-6/h1-5H2. The fraction of sp³-hybridized carbons (Fsp3) is 0.714. The van der Waals surface area contributed by atoms with Crippen LogP contribution in [0.4, 0.5) is 4.79 Å². The van der Waals surface area contributed by atoms with Gasteiger partial charge in [-0.25, -0.2) is 4.79 Å². The molecule has 0 N–H and O–H groups in total. The minimum Gasteiger partial charge on any atom is -0.434 e. The van der Waals surface area contributed by atoms with Crippen molar-refractivity contribution in [2.75, 3.05) is 13.2 Å². The van der Waals surface area contributed by atoms with Gasteiger partial charge in [0.2, 0.25) is 0 Å². The van der Waals surface area contributed by atoms with E-state index >= 15 is 0 Å². The number of carbonyl (C=O) groups is 2. The molecule has 0 bridgehead atoms. The van der Waals surface area contributed by atoms with Gasteiger partial charge in [-0.15, -0.1) is 0 Å². The lowest BCUT2D eigenvalue weighted by Crippen LogP contribution is -2.08. The third-order valence-corrected chi connectivity index (χ3v) is 1.42. The van der Waals surface area contributed by atoms with Gasteiger partial charge in [-0.2, -0.15) is 0 Å². The van der Waals surface area contributed by atoms with Gasteiger partial charge in [-0.1, -0.05) is 0 Å². The molecule has 0 saturated carbocycles. The average molecular weight is 158 g/mol. The van der Waals surface area contributed by atoms with E-state index in [2.05, 4.69) is 9.47 Å². The summed E-state index contributed by atoms with van der Waals surface area (Å²) in [6.07, 6.45) is 0.736. The van der Waals surface area contributed by atoms with Crippen LogP contribution in [0.25, 0.3) is 0 Å². The molecule has 0 aliphatic carbocycles. The fourth-order valence-electron chi connectivity index (χ4n) is 0.840. The Morgan fingerprint density at radius 2 is 1.73 bits per heavy atom. The minimum absolute atomic E-state index is 0.128. The van der Waals surface area contributed by atoms with Gasteiger partial charge in [-0.3, -0.25) is 4.79 Å². The molecule has 0 aromatic heterocycles. The van der Waals surface area contributed by atoms with E-state index in [1.807, 2.05) is 0 Å². The van der Waals surface area contributed by atoms with Crippen LogP contribution < -0.4 is 0 Å². The van der Waals surface area contributed by atoms with Crippen molar-refractivity contribution in [1.29, 1.82) is 0 Å². The van der Waals surface area contributed by atoms with Crippen molar-refractivity contribution in [3.05, 3.63) is 0 Å². The van der Waals surface area contributed by atoms with E-state index in [-0.39, 0.29) is 19.0 Å². The van der Waals surface area contributed by atoms with Crippen LogP contribution in [0.5, 0.6) is 0 Å². The molecule has 1 rings (SSSR count). The molecule has 0 unspecified atom stereocenters. The zero-order chi connectivity index (χ0) is 8.10. The largest absolute Gasteiger partial charge is 0.508 e. The maximum Gasteiger partial charge on any atom is 0.508 e. The van der Waals surface area contributed by atoms with E-state index in [0.717, 1.165) is 0 Å². The smallest absolute Gasteiger partial charge is 0.434 e. The summed E-state index contributed by atoms with van der Waals surface area (Å²) in [4.78, 5) is 21.4. The lowest BCUT2D eigenvalue weighted by atomic mass is 10.2. The van der Waals surface area contributed by atoms with Crippen LogP contribution in [-0.2, 0) is 14.3 Å². The van der Waals surface area contributed by atoms with Gasteiger partial charge in [0.25, 0.3) is 0 Å². The van der Waals surface area contributed by atoms with E-state index in [1.165, 1.54) is 0 Å². The first-order chi connectivity index (χ1) is 5.29. The number of rotatable bonds is 0. The SMILES string of the molecule is O=C1CCCOC(=O)OCC1. The summed E-state index contributed by atoms with van der Waals surface area (Å²) in [5, 5.41) is 0. The summed E-state index contributed by atoms with van der Waals surface area (Å²) in [6.45, 7) is 0.433. The lowest BCUT2D eigenvalue weighted by molar-refractivity contribution is -0.119. The van der Waals surface area contributed by atoms with Crippen molar-refractivity contribution >= 4 is 11.9 Å². The zero-order valence-electron chi connectivity index (χ0n) is 6.17. The van der Waals surface area contributed by atoms with Crippen LogP contribution in [0, 0.1) is 0 Å². The molecule has 1 aliphatic rings. The fourth-order valence-corrected chi connectivity index (χ4v) is 0.840. The first-order valence-corrected chi connectivity index (χ1v) is 3.60. The van der Waals surface area contributed by atoms with E-state index < -0.39 is 6.16 Å². The highest BCUT2D eigenvalue weighted by atomic mass is 16.7. The van der Waals surface area contributed by atoms with Crippen molar-refractivity contribution < 1.29 is 19.1 Å². The number of Topliss-reactive ketones (excluding diaryl/α,β-unsaturated/α-hetero) is 1. The molecule has 0 aromatic carbocycles. The number of cyclic esters (lactones) is 2. The summed E-state index contributed by atoms with van der Waals surface area (Å²) in [5.74, 6) is 0.128. The first-order valence-electron chi connectivity index (χ1n) is 3.60. The normalized spacial score (nSPS) is 20.7. The Balaban J connectivity index is 2.35. The van der Waals surface area contributed by atoms with Crippen molar-refractivity contribution in [1.82, 2.24) is 0 Å². The predicted molar refractivity (Wildman–Crippen MR) is 36.2 cm³/mol. The number of hydrogen-bond acceptors (Lipinski definition) is 4. The molecule has 0 radical (unpaired) electrons. The number of ketones is 1. The Hall–Kier alpha value is -1.06. The highest BCUT2D eigenvalue weighted by Crippen LogP contribution is 2.01. The Morgan fingerprint density at radius 1 is 1.00 bits per heavy atom. The molecule has 1 saturated heterocycles. The van der Waals surface area contributed by atoms with Crippen molar-refractivity contribution in [3.8, 4) is 0 Å². The highest BCUT2D eigenvalue weighted by Gasteiger charge is 2.10. The van der Waals surface area contributed by atoms with Crippen molar-refractivity contribution in [3.63, 3.8) is 0 Å². The predicted octanol–water partition coefficient (Wildman–Crippen LogP) is 0.893. The van der Waals surface area contributed by atoms with Crippen molar-refractivity contribution in [2.45, 2.75) is 19.3 Å². The maximum absolute atomic E-state index is 10.8. The molecule has 0 aromatic rings. The van der Waals surface area contributed by atoms with Crippen LogP contribution in [-0.4, -0.2) is 25.2 Å². The third-order valence-electron chi connectivity index (χ3n) is 1.42. The van der Waals surface area contributed by atoms with E-state index in [1.54, 1.807) is 0 Å². The van der Waals surface area contributed by atoms with Crippen LogP contribution in [0.2, 0.25) is 0 Å². The summed E-state index contributed by atoms with van der Waals surface area (Å²) in [5.41, 5.74) is 0. The molecule has 62 valence electrons. The minimum atomic E-state index is -0.667. The van der Waals surface area contributed by atoms with E-state index in [9.17, 15) is 9.59 Å². The molecule has 0 amide bonds. The van der Waals surface area contributed by atoms with Gasteiger partial charge in [0.05, 0.1) is 6.61 Å². The highest BCUT2D eigenvalue weighted by molar-refractivity contribution is 5.78. The number of ether oxygens (including phenoxy) is 2. The topological polar surface area (TPSA) is 52.6 Å². The van der Waals surface area contributed by atoms with Gasteiger partial charge >= 0.3 is 6.16 Å². The zero-order valence-corrected chi connectivity index (χ0v) is 6.17. The summed E-state index contributed by atoms with van der Waals surface area (Å²) < 4.78 is 9.15. The first kappa shape index (κ1) is 8.04. The van der Waals surface area contributed by atoms with Crippen LogP contribution in [0.1, 0.15) is 19.3 Å². The average Bonchev–Trinajstić information content (AvgIpc) is 2.04. The molecule has 4 heteroatoms. The molecule has 11 heavy (non-hydrogen) atoms. The molecule has 1 aliphatic heterocycles. The Bertz CT molecular complexity index is 146. The summed E-state index contributed by atoms with van der Waals surface area (Å²) in [6, 6.07) is 0.